The van der Waals surface area contributed by atoms with Crippen LogP contribution >= 0.6 is 0 Å². The number of nitrogens with one attached hydrogen (secondary N) is 2. The summed E-state index contributed by atoms with van der Waals surface area (Å²) in [7, 11) is 0. The molecule has 3 N–H and O–H groups in total. The smallest absolute Gasteiger partial charge is 0.310 e. The molecule has 0 fully saturated rings. The van der Waals surface area contributed by atoms with E-state index >= 15 is 0 Å². The van der Waals surface area contributed by atoms with E-state index in [1.165, 1.54) is 11.5 Å². The van der Waals surface area contributed by atoms with Gasteiger partial charge < -0.3 is 27.8 Å². The Kier molecular flexibility index (Phi) is 9.78. The van der Waals surface area contributed by atoms with Gasteiger partial charge in [0.1, 0.15) is 27.9 Å². The number of fused-ring (bicyclic) bond motifs is 2. The molecule has 0 unspecified atom stereocenters. The number of hydroxylamine groups is 1. The van der Waals surface area contributed by atoms with E-state index in [0.29, 0.717) is 56.0 Å². The van der Waals surface area contributed by atoms with Crippen molar-refractivity contribution in [3.05, 3.63) is 68.7 Å². The van der Waals surface area contributed by atoms with E-state index in [9.17, 15) is 14.4 Å². The number of aromatic amines is 1. The van der Waals surface area contributed by atoms with Crippen LogP contribution in [0.4, 0.5) is 0 Å². The van der Waals surface area contributed by atoms with Crippen molar-refractivity contribution in [1.82, 2.24) is 26.1 Å². The molecule has 0 saturated carbocycles. The third-order valence-corrected chi connectivity index (χ3v) is 6.34. The van der Waals surface area contributed by atoms with Gasteiger partial charge in [-0.05, 0) is 49.2 Å². The Bertz CT molecular complexity index is 1850. The highest BCUT2D eigenvalue weighted by atomic mass is 16.5. The van der Waals surface area contributed by atoms with Gasteiger partial charge in [-0.15, -0.1) is 10.2 Å². The molecule has 3 heterocycles. The molecule has 15 nitrogen and oxygen atoms in total. The lowest BCUT2D eigenvalue weighted by Gasteiger charge is -2.12. The number of nitrogens with zero attached hydrogens (tertiary/aromatic N) is 3. The topological polar surface area (TPSA) is 201 Å². The molecular weight excluding hydrogens is 578 g/mol. The zero-order valence-electron chi connectivity index (χ0n) is 23.7. The third-order valence-electron chi connectivity index (χ3n) is 6.34. The van der Waals surface area contributed by atoms with E-state index in [1.807, 2.05) is 0 Å². The maximum absolute atomic E-state index is 12.8. The SMILES string of the molecule is CCOc1ccc(OCCCOCCCCOc2cccc3oc(-c4nn[nH]n4)cc(=O)c23)c2c(=O)cc(C(=O)NO)oc12. The van der Waals surface area contributed by atoms with Gasteiger partial charge in [0.25, 0.3) is 0 Å². The van der Waals surface area contributed by atoms with E-state index in [4.69, 9.17) is 33.0 Å². The molecule has 0 aliphatic carbocycles. The third kappa shape index (κ3) is 6.85. The standard InChI is InChI=1S/C29H29N5O10/c1-2-40-22-10-9-20(26-18(36)16-24(29(37)32-38)44-27(22)26)42-14-6-12-39-11-3-4-13-41-19-7-5-8-21-25(19)17(35)15-23(43-21)28-30-33-34-31-28/h5,7-10,15-16,38H,2-4,6,11-14H2,1H3,(H,32,37)(H,30,31,33,34). The molecule has 5 rings (SSSR count). The number of tetrazole rings is 1. The summed E-state index contributed by atoms with van der Waals surface area (Å²) in [6, 6.07) is 10.6. The Hall–Kier alpha value is -5.28. The first-order valence-electron chi connectivity index (χ1n) is 13.8. The summed E-state index contributed by atoms with van der Waals surface area (Å²) < 4.78 is 34.2. The van der Waals surface area contributed by atoms with Crippen molar-refractivity contribution in [2.24, 2.45) is 0 Å². The number of benzene rings is 2. The van der Waals surface area contributed by atoms with Gasteiger partial charge in [-0.2, -0.15) is 5.21 Å². The minimum absolute atomic E-state index is 0.0481. The highest BCUT2D eigenvalue weighted by Crippen LogP contribution is 2.32. The van der Waals surface area contributed by atoms with E-state index < -0.39 is 11.3 Å². The lowest BCUT2D eigenvalue weighted by molar-refractivity contribution is 0.0676. The number of hydrogen-bond donors (Lipinski definition) is 3. The predicted octanol–water partition coefficient (Wildman–Crippen LogP) is 3.24. The minimum Gasteiger partial charge on any atom is -0.493 e. The van der Waals surface area contributed by atoms with Crippen LogP contribution in [0.2, 0.25) is 0 Å². The van der Waals surface area contributed by atoms with Crippen molar-refractivity contribution in [2.45, 2.75) is 26.2 Å². The Morgan fingerprint density at radius 1 is 0.886 bits per heavy atom. The van der Waals surface area contributed by atoms with Gasteiger partial charge in [0, 0.05) is 31.8 Å². The monoisotopic (exact) mass is 607 g/mol. The van der Waals surface area contributed by atoms with Gasteiger partial charge in [-0.25, -0.2) is 5.48 Å². The van der Waals surface area contributed by atoms with Crippen LogP contribution in [0.5, 0.6) is 17.2 Å². The molecule has 15 heteroatoms. The fourth-order valence-corrected chi connectivity index (χ4v) is 4.38. The molecular formula is C29H29N5O10. The second-order valence-electron chi connectivity index (χ2n) is 9.32. The van der Waals surface area contributed by atoms with Crippen LogP contribution in [0.25, 0.3) is 33.5 Å². The van der Waals surface area contributed by atoms with Gasteiger partial charge >= 0.3 is 5.91 Å². The molecule has 0 spiro atoms. The molecule has 0 radical (unpaired) electrons. The van der Waals surface area contributed by atoms with E-state index in [2.05, 4.69) is 20.6 Å². The Labute approximate surface area is 248 Å². The number of H-pyrrole nitrogens is 1. The quantitative estimate of drug-likeness (QED) is 0.0890. The molecule has 5 aromatic rings. The van der Waals surface area contributed by atoms with Gasteiger partial charge in [0.15, 0.2) is 33.7 Å². The number of carbonyl (C=O) groups is 1. The fourth-order valence-electron chi connectivity index (χ4n) is 4.38. The highest BCUT2D eigenvalue weighted by molar-refractivity contribution is 5.95. The van der Waals surface area contributed by atoms with Crippen molar-refractivity contribution in [2.75, 3.05) is 33.0 Å². The number of unbranched alkanes of at least 4 members (excludes halogenated alkanes) is 1. The van der Waals surface area contributed by atoms with Crippen molar-refractivity contribution < 1.29 is 37.8 Å². The minimum atomic E-state index is -0.959. The maximum atomic E-state index is 12.8. The van der Waals surface area contributed by atoms with Crippen molar-refractivity contribution in [3.8, 4) is 28.8 Å². The first-order valence-corrected chi connectivity index (χ1v) is 13.8. The number of carbonyl (C=O) groups excluding carboxylic acids is 1. The molecule has 230 valence electrons. The van der Waals surface area contributed by atoms with Gasteiger partial charge in [-0.1, -0.05) is 6.07 Å². The fraction of sp³-hybridized carbons (Fsp3) is 0.310. The second kappa shape index (κ2) is 14.3. The van der Waals surface area contributed by atoms with E-state index in [0.717, 1.165) is 12.5 Å². The van der Waals surface area contributed by atoms with Crippen molar-refractivity contribution in [3.63, 3.8) is 0 Å². The highest BCUT2D eigenvalue weighted by Gasteiger charge is 2.19. The molecule has 0 aliphatic rings. The molecule has 3 aromatic heterocycles. The summed E-state index contributed by atoms with van der Waals surface area (Å²) in [4.78, 5) is 37.3. The first kappa shape index (κ1) is 30.2. The average molecular weight is 608 g/mol. The van der Waals surface area contributed by atoms with Gasteiger partial charge in [-0.3, -0.25) is 19.6 Å². The number of ether oxygens (including phenoxy) is 4. The first-order chi connectivity index (χ1) is 21.5. The Morgan fingerprint density at radius 2 is 1.61 bits per heavy atom. The summed E-state index contributed by atoms with van der Waals surface area (Å²) in [5.74, 6) is 0.0444. The summed E-state index contributed by atoms with van der Waals surface area (Å²) in [5, 5.41) is 22.8. The lowest BCUT2D eigenvalue weighted by Crippen LogP contribution is -2.20. The van der Waals surface area contributed by atoms with Crippen LogP contribution in [-0.4, -0.2) is 64.8 Å². The van der Waals surface area contributed by atoms with Crippen LogP contribution in [0, 0.1) is 0 Å². The zero-order valence-corrected chi connectivity index (χ0v) is 23.7. The van der Waals surface area contributed by atoms with Crippen LogP contribution < -0.4 is 30.5 Å². The lowest BCUT2D eigenvalue weighted by atomic mass is 10.2. The maximum Gasteiger partial charge on any atom is 0.310 e. The Balaban J connectivity index is 1.06. The normalized spacial score (nSPS) is 11.1. The number of hydrogen-bond acceptors (Lipinski definition) is 13. The molecule has 0 aliphatic heterocycles. The van der Waals surface area contributed by atoms with E-state index in [-0.39, 0.29) is 51.8 Å². The van der Waals surface area contributed by atoms with Gasteiger partial charge in [0.2, 0.25) is 5.82 Å². The van der Waals surface area contributed by atoms with Crippen molar-refractivity contribution in [1.29, 1.82) is 0 Å². The summed E-state index contributed by atoms with van der Waals surface area (Å²) in [6.07, 6.45) is 1.99. The largest absolute Gasteiger partial charge is 0.493 e. The zero-order chi connectivity index (χ0) is 30.9. The summed E-state index contributed by atoms with van der Waals surface area (Å²) in [6.45, 7) is 3.66. The van der Waals surface area contributed by atoms with Crippen LogP contribution in [0.15, 0.2) is 60.9 Å². The molecule has 0 bridgehead atoms. The van der Waals surface area contributed by atoms with E-state index in [1.54, 1.807) is 37.3 Å². The van der Waals surface area contributed by atoms with Gasteiger partial charge in [0.05, 0.1) is 19.8 Å². The summed E-state index contributed by atoms with van der Waals surface area (Å²) in [5.41, 5.74) is 1.06. The van der Waals surface area contributed by atoms with Crippen molar-refractivity contribution >= 4 is 27.8 Å². The predicted molar refractivity (Wildman–Crippen MR) is 154 cm³/mol. The Morgan fingerprint density at radius 3 is 2.39 bits per heavy atom. The molecule has 44 heavy (non-hydrogen) atoms. The van der Waals surface area contributed by atoms with Crippen LogP contribution in [0.3, 0.4) is 0 Å². The molecule has 0 atom stereocenters. The second-order valence-corrected chi connectivity index (χ2v) is 9.32. The summed E-state index contributed by atoms with van der Waals surface area (Å²) >= 11 is 0. The number of amides is 1. The molecule has 1 amide bonds. The molecule has 0 saturated heterocycles. The molecule has 2 aromatic carbocycles. The number of rotatable bonds is 15. The van der Waals surface area contributed by atoms with Crippen LogP contribution in [-0.2, 0) is 4.74 Å². The average Bonchev–Trinajstić information content (AvgIpc) is 3.57. The number of aromatic nitrogens is 4. The van der Waals surface area contributed by atoms with Crippen LogP contribution in [0.1, 0.15) is 36.7 Å².